The van der Waals surface area contributed by atoms with Gasteiger partial charge < -0.3 is 10.1 Å². The van der Waals surface area contributed by atoms with Crippen LogP contribution in [0.1, 0.15) is 57.9 Å². The molecule has 1 saturated heterocycles. The van der Waals surface area contributed by atoms with Gasteiger partial charge in [0, 0.05) is 32.5 Å². The zero-order valence-electron chi connectivity index (χ0n) is 19.3. The van der Waals surface area contributed by atoms with Crippen molar-refractivity contribution in [2.24, 2.45) is 0 Å². The number of rotatable bonds is 13. The van der Waals surface area contributed by atoms with Crippen molar-refractivity contribution in [1.29, 1.82) is 0 Å². The Bertz CT molecular complexity index is 1070. The molecule has 3 rings (SSSR count). The van der Waals surface area contributed by atoms with E-state index in [0.717, 1.165) is 19.3 Å². The van der Waals surface area contributed by atoms with Crippen LogP contribution >= 0.6 is 24.0 Å². The van der Waals surface area contributed by atoms with E-state index >= 15 is 0 Å². The predicted molar refractivity (Wildman–Crippen MR) is 140 cm³/mol. The van der Waals surface area contributed by atoms with Crippen molar-refractivity contribution in [2.45, 2.75) is 52.4 Å². The number of aromatic nitrogens is 2. The number of thiocarbonyl (C=S) groups is 1. The number of hydrogen-bond acceptors (Lipinski definition) is 7. The van der Waals surface area contributed by atoms with Gasteiger partial charge in [-0.15, -0.1) is 0 Å². The van der Waals surface area contributed by atoms with Crippen molar-refractivity contribution in [3.8, 4) is 0 Å². The summed E-state index contributed by atoms with van der Waals surface area (Å²) in [6.45, 7) is 6.65. The third-order valence-corrected chi connectivity index (χ3v) is 6.74. The summed E-state index contributed by atoms with van der Waals surface area (Å²) >= 11 is 6.71. The van der Waals surface area contributed by atoms with Gasteiger partial charge in [-0.1, -0.05) is 62.7 Å². The number of nitrogens with zero attached hydrogens (tertiary/aromatic N) is 3. The molecule has 9 heteroatoms. The molecule has 1 aliphatic rings. The third-order valence-electron chi connectivity index (χ3n) is 5.37. The molecule has 7 nitrogen and oxygen atoms in total. The maximum atomic E-state index is 13.3. The van der Waals surface area contributed by atoms with Gasteiger partial charge >= 0.3 is 0 Å². The van der Waals surface area contributed by atoms with E-state index in [4.69, 9.17) is 17.0 Å². The molecule has 0 aliphatic carbocycles. The van der Waals surface area contributed by atoms with E-state index in [-0.39, 0.29) is 11.5 Å². The maximum absolute atomic E-state index is 13.3. The first-order valence-electron chi connectivity index (χ1n) is 11.6. The highest BCUT2D eigenvalue weighted by Crippen LogP contribution is 2.33. The molecule has 0 aromatic carbocycles. The first-order valence-corrected chi connectivity index (χ1v) is 12.9. The SMILES string of the molecule is CCCCCCCN1C(=O)C(=Cc2c(NCCCOCC)nc3ccccn3c2=O)SC1=S. The molecule has 3 heterocycles. The van der Waals surface area contributed by atoms with Crippen LogP contribution in [0.2, 0.25) is 0 Å². The number of pyridine rings is 1. The molecular weight excluding hydrogens is 456 g/mol. The molecule has 0 unspecified atom stereocenters. The summed E-state index contributed by atoms with van der Waals surface area (Å²) in [5.74, 6) is 0.327. The molecule has 0 atom stereocenters. The smallest absolute Gasteiger partial charge is 0.267 e. The minimum atomic E-state index is -0.224. The third kappa shape index (κ3) is 6.65. The summed E-state index contributed by atoms with van der Waals surface area (Å²) in [5, 5.41) is 3.25. The zero-order chi connectivity index (χ0) is 23.6. The molecule has 178 valence electrons. The molecule has 1 fully saturated rings. The summed E-state index contributed by atoms with van der Waals surface area (Å²) in [7, 11) is 0. The zero-order valence-corrected chi connectivity index (χ0v) is 21.0. The number of carbonyl (C=O) groups excluding carboxylic acids is 1. The monoisotopic (exact) mass is 488 g/mol. The van der Waals surface area contributed by atoms with Gasteiger partial charge in [0.2, 0.25) is 0 Å². The van der Waals surface area contributed by atoms with Crippen molar-refractivity contribution >= 4 is 51.7 Å². The second-order valence-corrected chi connectivity index (χ2v) is 9.51. The van der Waals surface area contributed by atoms with Crippen LogP contribution < -0.4 is 10.9 Å². The Kier molecular flexibility index (Phi) is 9.90. The van der Waals surface area contributed by atoms with E-state index in [9.17, 15) is 9.59 Å². The van der Waals surface area contributed by atoms with Gasteiger partial charge in [-0.2, -0.15) is 0 Å². The maximum Gasteiger partial charge on any atom is 0.267 e. The van der Waals surface area contributed by atoms with E-state index in [0.29, 0.717) is 52.6 Å². The lowest BCUT2D eigenvalue weighted by atomic mass is 10.1. The van der Waals surface area contributed by atoms with E-state index in [1.165, 1.54) is 35.4 Å². The number of carbonyl (C=O) groups is 1. The number of ether oxygens (including phenoxy) is 1. The number of nitrogens with one attached hydrogen (secondary N) is 1. The quantitative estimate of drug-likeness (QED) is 0.249. The lowest BCUT2D eigenvalue weighted by molar-refractivity contribution is -0.122. The molecule has 1 aliphatic heterocycles. The van der Waals surface area contributed by atoms with Gasteiger partial charge in [0.25, 0.3) is 11.5 Å². The van der Waals surface area contributed by atoms with E-state index in [1.54, 1.807) is 29.3 Å². The molecule has 0 saturated carbocycles. The Morgan fingerprint density at radius 2 is 1.97 bits per heavy atom. The van der Waals surface area contributed by atoms with Crippen LogP contribution in [0.3, 0.4) is 0 Å². The minimum absolute atomic E-state index is 0.139. The van der Waals surface area contributed by atoms with Gasteiger partial charge in [-0.05, 0) is 38.0 Å². The average molecular weight is 489 g/mol. The first-order chi connectivity index (χ1) is 16.1. The Morgan fingerprint density at radius 3 is 2.76 bits per heavy atom. The van der Waals surface area contributed by atoms with Crippen LogP contribution in [0, 0.1) is 0 Å². The summed E-state index contributed by atoms with van der Waals surface area (Å²) in [6, 6.07) is 5.41. The highest BCUT2D eigenvalue weighted by molar-refractivity contribution is 8.26. The van der Waals surface area contributed by atoms with Crippen LogP contribution in [0.15, 0.2) is 34.1 Å². The topological polar surface area (TPSA) is 75.9 Å². The second kappa shape index (κ2) is 12.9. The number of anilines is 1. The average Bonchev–Trinajstić information content (AvgIpc) is 3.08. The van der Waals surface area contributed by atoms with Crippen molar-refractivity contribution in [2.75, 3.05) is 31.6 Å². The van der Waals surface area contributed by atoms with Crippen molar-refractivity contribution < 1.29 is 9.53 Å². The highest BCUT2D eigenvalue weighted by atomic mass is 32.2. The minimum Gasteiger partial charge on any atom is -0.382 e. The number of fused-ring (bicyclic) bond motifs is 1. The van der Waals surface area contributed by atoms with Gasteiger partial charge in [-0.3, -0.25) is 18.9 Å². The Hall–Kier alpha value is -2.23. The number of thioether (sulfide) groups is 1. The molecule has 1 N–H and O–H groups in total. The van der Waals surface area contributed by atoms with Crippen LogP contribution in [0.5, 0.6) is 0 Å². The molecule has 33 heavy (non-hydrogen) atoms. The van der Waals surface area contributed by atoms with Gasteiger partial charge in [-0.25, -0.2) is 4.98 Å². The van der Waals surface area contributed by atoms with Crippen molar-refractivity contribution in [3.63, 3.8) is 0 Å². The van der Waals surface area contributed by atoms with Crippen LogP contribution in [-0.4, -0.2) is 50.8 Å². The van der Waals surface area contributed by atoms with E-state index in [2.05, 4.69) is 17.2 Å². The van der Waals surface area contributed by atoms with Gasteiger partial charge in [0.1, 0.15) is 15.8 Å². The standard InChI is InChI=1S/C24H32N4O3S2/c1-3-5-6-7-9-15-28-23(30)19(33-24(28)32)17-18-21(25-13-11-16-31-4-2)26-20-12-8-10-14-27(20)22(18)29/h8,10,12,14,17,25H,3-7,9,11,13,15-16H2,1-2H3. The Morgan fingerprint density at radius 1 is 1.15 bits per heavy atom. The van der Waals surface area contributed by atoms with E-state index < -0.39 is 0 Å². The summed E-state index contributed by atoms with van der Waals surface area (Å²) in [5.41, 5.74) is 0.683. The van der Waals surface area contributed by atoms with Crippen LogP contribution in [0.4, 0.5) is 5.82 Å². The summed E-state index contributed by atoms with van der Waals surface area (Å²) in [6.07, 6.45) is 9.65. The number of amides is 1. The summed E-state index contributed by atoms with van der Waals surface area (Å²) < 4.78 is 7.42. The number of hydrogen-bond donors (Lipinski definition) is 1. The van der Waals surface area contributed by atoms with Crippen molar-refractivity contribution in [1.82, 2.24) is 14.3 Å². The second-order valence-electron chi connectivity index (χ2n) is 7.83. The lowest BCUT2D eigenvalue weighted by Gasteiger charge is -2.14. The van der Waals surface area contributed by atoms with Gasteiger partial charge in [0.05, 0.1) is 10.5 Å². The number of unbranched alkanes of at least 4 members (excludes halogenated alkanes) is 4. The molecule has 0 spiro atoms. The fourth-order valence-corrected chi connectivity index (χ4v) is 4.88. The normalized spacial score (nSPS) is 15.2. The largest absolute Gasteiger partial charge is 0.382 e. The molecular formula is C24H32N4O3S2. The molecule has 2 aromatic rings. The molecule has 0 radical (unpaired) electrons. The van der Waals surface area contributed by atoms with Crippen molar-refractivity contribution in [3.05, 3.63) is 45.2 Å². The highest BCUT2D eigenvalue weighted by Gasteiger charge is 2.32. The Balaban J connectivity index is 1.83. The molecule has 2 aromatic heterocycles. The fraction of sp³-hybridized carbons (Fsp3) is 0.500. The van der Waals surface area contributed by atoms with Crippen LogP contribution in [0.25, 0.3) is 11.7 Å². The first kappa shape index (κ1) is 25.4. The van der Waals surface area contributed by atoms with Crippen LogP contribution in [-0.2, 0) is 9.53 Å². The van der Waals surface area contributed by atoms with Gasteiger partial charge in [0.15, 0.2) is 0 Å². The fourth-order valence-electron chi connectivity index (χ4n) is 3.59. The van der Waals surface area contributed by atoms with E-state index in [1.807, 2.05) is 13.0 Å². The molecule has 1 amide bonds. The summed E-state index contributed by atoms with van der Waals surface area (Å²) in [4.78, 5) is 33.1. The Labute approximate surface area is 204 Å². The molecule has 0 bridgehead atoms. The lowest BCUT2D eigenvalue weighted by Crippen LogP contribution is -2.29. The predicted octanol–water partition coefficient (Wildman–Crippen LogP) is 4.70.